The van der Waals surface area contributed by atoms with Gasteiger partial charge >= 0.3 is 5.97 Å². The van der Waals surface area contributed by atoms with Gasteiger partial charge in [-0.05, 0) is 63.0 Å². The van der Waals surface area contributed by atoms with Gasteiger partial charge in [-0.15, -0.1) is 0 Å². The second-order valence-electron chi connectivity index (χ2n) is 10.7. The van der Waals surface area contributed by atoms with Crippen LogP contribution in [0.1, 0.15) is 58.3 Å². The first kappa shape index (κ1) is 26.5. The van der Waals surface area contributed by atoms with Gasteiger partial charge in [-0.3, -0.25) is 4.90 Å². The van der Waals surface area contributed by atoms with Crippen molar-refractivity contribution in [2.45, 2.75) is 57.9 Å². The summed E-state index contributed by atoms with van der Waals surface area (Å²) in [5.74, 6) is 1.14. The molecule has 0 radical (unpaired) electrons. The number of ether oxygens (including phenoxy) is 3. The zero-order valence-corrected chi connectivity index (χ0v) is 22.9. The number of piperidine rings is 1. The number of aromatic nitrogens is 4. The average molecular weight is 548 g/mol. The number of pyridine rings is 1. The Morgan fingerprint density at radius 2 is 1.98 bits per heavy atom. The highest BCUT2D eigenvalue weighted by atomic mass is 19.1. The predicted octanol–water partition coefficient (Wildman–Crippen LogP) is 4.74. The highest BCUT2D eigenvalue weighted by molar-refractivity contribution is 5.92. The van der Waals surface area contributed by atoms with Crippen molar-refractivity contribution in [1.82, 2.24) is 24.4 Å². The SMILES string of the molecule is COC(=O)c1cc2nc(CN3CCC(c4cccc(OCc5ccc(C)cc5F)n4)CC3)n(CC3CCO3)c2[nH]1. The lowest BCUT2D eigenvalue weighted by molar-refractivity contribution is -0.0592. The van der Waals surface area contributed by atoms with Gasteiger partial charge in [-0.25, -0.2) is 19.2 Å². The Hall–Kier alpha value is -3.76. The zero-order chi connectivity index (χ0) is 27.6. The minimum atomic E-state index is -0.404. The fraction of sp³-hybridized carbons (Fsp3) is 0.433. The third kappa shape index (κ3) is 5.59. The van der Waals surface area contributed by atoms with Gasteiger partial charge < -0.3 is 23.8 Å². The number of H-pyrrole nitrogens is 1. The molecule has 0 amide bonds. The number of nitrogens with one attached hydrogen (secondary N) is 1. The Balaban J connectivity index is 1.09. The number of methoxy groups -OCH3 is 1. The molecule has 3 aromatic heterocycles. The number of hydrogen-bond donors (Lipinski definition) is 1. The predicted molar refractivity (Wildman–Crippen MR) is 147 cm³/mol. The first-order valence-electron chi connectivity index (χ1n) is 13.8. The van der Waals surface area contributed by atoms with Crippen LogP contribution in [0.4, 0.5) is 4.39 Å². The fourth-order valence-corrected chi connectivity index (χ4v) is 5.47. The van der Waals surface area contributed by atoms with E-state index in [1.54, 1.807) is 12.1 Å². The minimum absolute atomic E-state index is 0.148. The number of aromatic amines is 1. The van der Waals surface area contributed by atoms with Crippen LogP contribution >= 0.6 is 0 Å². The van der Waals surface area contributed by atoms with Gasteiger partial charge in [-0.1, -0.05) is 18.2 Å². The molecule has 40 heavy (non-hydrogen) atoms. The highest BCUT2D eigenvalue weighted by Crippen LogP contribution is 2.30. The van der Waals surface area contributed by atoms with Crippen LogP contribution in [0.25, 0.3) is 11.2 Å². The highest BCUT2D eigenvalue weighted by Gasteiger charge is 2.27. The molecule has 0 aliphatic carbocycles. The van der Waals surface area contributed by atoms with Gasteiger partial charge in [0.15, 0.2) is 0 Å². The monoisotopic (exact) mass is 547 g/mol. The summed E-state index contributed by atoms with van der Waals surface area (Å²) in [5, 5.41) is 0. The van der Waals surface area contributed by atoms with Crippen molar-refractivity contribution in [3.05, 3.63) is 76.6 Å². The number of fused-ring (bicyclic) bond motifs is 1. The standard InChI is InChI=1S/C30H34FN5O4/c1-19-6-7-21(23(31)14-19)18-40-28-5-3-4-24(33-28)20-8-11-35(12-9-20)17-27-32-25-15-26(30(37)38-2)34-29(25)36(27)16-22-10-13-39-22/h3-7,14-15,20,22,34H,8-13,16-18H2,1-2H3. The maximum absolute atomic E-state index is 14.2. The Morgan fingerprint density at radius 3 is 2.70 bits per heavy atom. The van der Waals surface area contributed by atoms with Gasteiger partial charge in [-0.2, -0.15) is 0 Å². The summed E-state index contributed by atoms with van der Waals surface area (Å²) < 4.78 is 32.7. The molecule has 2 saturated heterocycles. The quantitative estimate of drug-likeness (QED) is 0.303. The van der Waals surface area contributed by atoms with Crippen LogP contribution in [-0.4, -0.2) is 63.3 Å². The molecule has 6 rings (SSSR count). The van der Waals surface area contributed by atoms with Gasteiger partial charge in [0.25, 0.3) is 0 Å². The lowest BCUT2D eigenvalue weighted by Gasteiger charge is -2.32. The molecular formula is C30H34FN5O4. The zero-order valence-electron chi connectivity index (χ0n) is 22.9. The van der Waals surface area contributed by atoms with E-state index in [9.17, 15) is 9.18 Å². The van der Waals surface area contributed by atoms with E-state index in [0.29, 0.717) is 36.1 Å². The molecular weight excluding hydrogens is 513 g/mol. The van der Waals surface area contributed by atoms with Gasteiger partial charge in [0.1, 0.15) is 35.1 Å². The number of aryl methyl sites for hydroxylation is 1. The molecule has 0 bridgehead atoms. The van der Waals surface area contributed by atoms with Crippen LogP contribution in [0.5, 0.6) is 5.88 Å². The number of nitrogens with zero attached hydrogens (tertiary/aromatic N) is 4. The number of rotatable bonds is 9. The topological polar surface area (TPSA) is 94.5 Å². The van der Waals surface area contributed by atoms with Crippen molar-refractivity contribution in [1.29, 1.82) is 0 Å². The number of benzene rings is 1. The Morgan fingerprint density at radius 1 is 1.15 bits per heavy atom. The number of esters is 1. The first-order chi connectivity index (χ1) is 19.5. The van der Waals surface area contributed by atoms with E-state index in [-0.39, 0.29) is 18.5 Å². The molecule has 2 aliphatic rings. The Bertz CT molecular complexity index is 1500. The molecule has 210 valence electrons. The molecule has 9 nitrogen and oxygen atoms in total. The number of carbonyl (C=O) groups excluding carboxylic acids is 1. The van der Waals surface area contributed by atoms with E-state index in [4.69, 9.17) is 24.2 Å². The van der Waals surface area contributed by atoms with Crippen LogP contribution in [0.2, 0.25) is 0 Å². The molecule has 0 spiro atoms. The molecule has 1 N–H and O–H groups in total. The molecule has 0 saturated carbocycles. The number of imidazole rings is 1. The molecule has 1 atom stereocenters. The normalized spacial score (nSPS) is 18.1. The Kier molecular flexibility index (Phi) is 7.53. The van der Waals surface area contributed by atoms with Crippen molar-refractivity contribution in [3.8, 4) is 5.88 Å². The summed E-state index contributed by atoms with van der Waals surface area (Å²) in [6.07, 6.45) is 3.12. The largest absolute Gasteiger partial charge is 0.473 e. The second-order valence-corrected chi connectivity index (χ2v) is 10.7. The minimum Gasteiger partial charge on any atom is -0.473 e. The summed E-state index contributed by atoms with van der Waals surface area (Å²) in [5.41, 5.74) is 4.40. The van der Waals surface area contributed by atoms with Gasteiger partial charge in [0.2, 0.25) is 5.88 Å². The van der Waals surface area contributed by atoms with E-state index in [1.165, 1.54) is 13.2 Å². The molecule has 5 heterocycles. The smallest absolute Gasteiger partial charge is 0.354 e. The molecule has 1 unspecified atom stereocenters. The summed E-state index contributed by atoms with van der Waals surface area (Å²) in [4.78, 5) is 27.3. The third-order valence-corrected chi connectivity index (χ3v) is 7.89. The van der Waals surface area contributed by atoms with Crippen molar-refractivity contribution in [3.63, 3.8) is 0 Å². The Labute approximate surface area is 232 Å². The van der Waals surface area contributed by atoms with Crippen molar-refractivity contribution in [2.24, 2.45) is 0 Å². The molecule has 2 fully saturated rings. The van der Waals surface area contributed by atoms with Crippen molar-refractivity contribution in [2.75, 3.05) is 26.8 Å². The second kappa shape index (κ2) is 11.4. The number of hydrogen-bond acceptors (Lipinski definition) is 7. The van der Waals surface area contributed by atoms with Crippen LogP contribution in [0, 0.1) is 12.7 Å². The van der Waals surface area contributed by atoms with E-state index in [0.717, 1.165) is 67.2 Å². The van der Waals surface area contributed by atoms with Crippen LogP contribution < -0.4 is 4.74 Å². The van der Waals surface area contributed by atoms with Crippen LogP contribution in [-0.2, 0) is 29.2 Å². The van der Waals surface area contributed by atoms with E-state index in [1.807, 2.05) is 31.2 Å². The summed E-state index contributed by atoms with van der Waals surface area (Å²) in [7, 11) is 1.37. The maximum Gasteiger partial charge on any atom is 0.354 e. The van der Waals surface area contributed by atoms with Gasteiger partial charge in [0, 0.05) is 29.8 Å². The number of carbonyl (C=O) groups is 1. The average Bonchev–Trinajstić information content (AvgIpc) is 3.48. The third-order valence-electron chi connectivity index (χ3n) is 7.89. The fourth-order valence-electron chi connectivity index (χ4n) is 5.47. The van der Waals surface area contributed by atoms with Crippen LogP contribution in [0.15, 0.2) is 42.5 Å². The number of likely N-dealkylation sites (tertiary alicyclic amines) is 1. The summed E-state index contributed by atoms with van der Waals surface area (Å²) in [6.45, 7) is 6.05. The molecule has 10 heteroatoms. The van der Waals surface area contributed by atoms with Crippen molar-refractivity contribution < 1.29 is 23.4 Å². The van der Waals surface area contributed by atoms with E-state index < -0.39 is 5.97 Å². The molecule has 1 aromatic carbocycles. The number of halogens is 1. The lowest BCUT2D eigenvalue weighted by atomic mass is 9.93. The maximum atomic E-state index is 14.2. The first-order valence-corrected chi connectivity index (χ1v) is 13.8. The van der Waals surface area contributed by atoms with Gasteiger partial charge in [0.05, 0.1) is 26.3 Å². The van der Waals surface area contributed by atoms with Crippen molar-refractivity contribution >= 4 is 17.1 Å². The van der Waals surface area contributed by atoms with E-state index >= 15 is 0 Å². The summed E-state index contributed by atoms with van der Waals surface area (Å²) >= 11 is 0. The van der Waals surface area contributed by atoms with E-state index in [2.05, 4.69) is 14.5 Å². The summed E-state index contributed by atoms with van der Waals surface area (Å²) in [6, 6.07) is 12.7. The van der Waals surface area contributed by atoms with Crippen LogP contribution in [0.3, 0.4) is 0 Å². The lowest BCUT2D eigenvalue weighted by Crippen LogP contribution is -2.35. The molecule has 4 aromatic rings. The molecule has 2 aliphatic heterocycles.